The summed E-state index contributed by atoms with van der Waals surface area (Å²) in [5.74, 6) is 1.46. The van der Waals surface area contributed by atoms with Gasteiger partial charge in [-0.1, -0.05) is 12.2 Å². The molecule has 2 nitrogen and oxygen atoms in total. The first-order valence-electron chi connectivity index (χ1n) is 3.95. The molecule has 2 unspecified atom stereocenters. The highest BCUT2D eigenvalue weighted by molar-refractivity contribution is 4.98. The zero-order valence-electron chi connectivity index (χ0n) is 6.03. The molecule has 2 atom stereocenters. The van der Waals surface area contributed by atoms with Crippen LogP contribution in [0, 0.1) is 11.8 Å². The van der Waals surface area contributed by atoms with Crippen molar-refractivity contribution in [2.45, 2.75) is 12.8 Å². The van der Waals surface area contributed by atoms with Crippen molar-refractivity contribution >= 4 is 0 Å². The van der Waals surface area contributed by atoms with E-state index in [1.165, 1.54) is 17.9 Å². The van der Waals surface area contributed by atoms with E-state index >= 15 is 0 Å². The molecule has 1 fully saturated rings. The van der Waals surface area contributed by atoms with Gasteiger partial charge in [0.15, 0.2) is 0 Å². The Morgan fingerprint density at radius 3 is 2.10 bits per heavy atom. The minimum absolute atomic E-state index is 0.731. The number of hydrogen-bond acceptors (Lipinski definition) is 2. The van der Waals surface area contributed by atoms with E-state index in [9.17, 15) is 0 Å². The van der Waals surface area contributed by atoms with Gasteiger partial charge in [0.1, 0.15) is 0 Å². The standard InChI is InChI=1S/C8H13NO/c10-9-5-7-3-1-2-4-8(7)6-9/h1-2,7-8,10H,3-6H2. The van der Waals surface area contributed by atoms with Crippen LogP contribution in [0.2, 0.25) is 0 Å². The normalized spacial score (nSPS) is 40.1. The molecule has 1 aliphatic carbocycles. The number of rotatable bonds is 0. The van der Waals surface area contributed by atoms with Crippen LogP contribution in [0.15, 0.2) is 12.2 Å². The van der Waals surface area contributed by atoms with Crippen LogP contribution in [0.1, 0.15) is 12.8 Å². The van der Waals surface area contributed by atoms with Crippen LogP contribution in [-0.2, 0) is 0 Å². The monoisotopic (exact) mass is 139 g/mol. The number of hydroxylamine groups is 2. The quantitative estimate of drug-likeness (QED) is 0.511. The predicted molar refractivity (Wildman–Crippen MR) is 38.7 cm³/mol. The second-order valence-corrected chi connectivity index (χ2v) is 3.33. The summed E-state index contributed by atoms with van der Waals surface area (Å²) in [6.45, 7) is 1.77. The third-order valence-electron chi connectivity index (χ3n) is 2.60. The summed E-state index contributed by atoms with van der Waals surface area (Å²) in [6, 6.07) is 0. The molecule has 1 aliphatic heterocycles. The zero-order chi connectivity index (χ0) is 6.97. The lowest BCUT2D eigenvalue weighted by atomic mass is 9.86. The molecule has 2 aliphatic rings. The van der Waals surface area contributed by atoms with Gasteiger partial charge in [-0.2, -0.15) is 5.06 Å². The van der Waals surface area contributed by atoms with Gasteiger partial charge >= 0.3 is 0 Å². The Kier molecular flexibility index (Phi) is 1.51. The average molecular weight is 139 g/mol. The first kappa shape index (κ1) is 6.38. The molecule has 0 radical (unpaired) electrons. The summed E-state index contributed by atoms with van der Waals surface area (Å²) in [5, 5.41) is 10.6. The molecule has 0 bridgehead atoms. The van der Waals surface area contributed by atoms with E-state index < -0.39 is 0 Å². The summed E-state index contributed by atoms with van der Waals surface area (Å²) in [5.41, 5.74) is 0. The van der Waals surface area contributed by atoms with Gasteiger partial charge in [-0.3, -0.25) is 0 Å². The zero-order valence-corrected chi connectivity index (χ0v) is 6.03. The van der Waals surface area contributed by atoms with Crippen molar-refractivity contribution in [3.63, 3.8) is 0 Å². The topological polar surface area (TPSA) is 23.5 Å². The van der Waals surface area contributed by atoms with E-state index in [1.54, 1.807) is 0 Å². The molecule has 0 aromatic carbocycles. The van der Waals surface area contributed by atoms with E-state index in [0.29, 0.717) is 0 Å². The molecule has 2 heteroatoms. The molecule has 0 spiro atoms. The minimum Gasteiger partial charge on any atom is -0.314 e. The summed E-state index contributed by atoms with van der Waals surface area (Å²) in [4.78, 5) is 0. The Hall–Kier alpha value is -0.340. The lowest BCUT2D eigenvalue weighted by molar-refractivity contribution is -0.0733. The Labute approximate surface area is 61.1 Å². The fourth-order valence-electron chi connectivity index (χ4n) is 1.99. The minimum atomic E-state index is 0.731. The average Bonchev–Trinajstić information content (AvgIpc) is 2.27. The molecule has 2 rings (SSSR count). The van der Waals surface area contributed by atoms with Crippen LogP contribution in [0.3, 0.4) is 0 Å². The van der Waals surface area contributed by atoms with E-state index in [4.69, 9.17) is 5.21 Å². The lowest BCUT2D eigenvalue weighted by Gasteiger charge is -2.17. The Morgan fingerprint density at radius 2 is 1.60 bits per heavy atom. The maximum absolute atomic E-state index is 9.17. The summed E-state index contributed by atoms with van der Waals surface area (Å²) in [7, 11) is 0. The van der Waals surface area contributed by atoms with Crippen LogP contribution < -0.4 is 0 Å². The number of nitrogens with zero attached hydrogens (tertiary/aromatic N) is 1. The molecular weight excluding hydrogens is 126 g/mol. The molecular formula is C8H13NO. The van der Waals surface area contributed by atoms with E-state index in [-0.39, 0.29) is 0 Å². The van der Waals surface area contributed by atoms with Gasteiger partial charge < -0.3 is 5.21 Å². The first-order chi connectivity index (χ1) is 4.86. The van der Waals surface area contributed by atoms with Crippen molar-refractivity contribution in [1.82, 2.24) is 5.06 Å². The maximum atomic E-state index is 9.17. The third-order valence-corrected chi connectivity index (χ3v) is 2.60. The predicted octanol–water partition coefficient (Wildman–Crippen LogP) is 1.27. The van der Waals surface area contributed by atoms with Gasteiger partial charge in [0.25, 0.3) is 0 Å². The van der Waals surface area contributed by atoms with Gasteiger partial charge in [-0.05, 0) is 24.7 Å². The van der Waals surface area contributed by atoms with E-state index in [0.717, 1.165) is 24.9 Å². The molecule has 1 saturated heterocycles. The van der Waals surface area contributed by atoms with Gasteiger partial charge in [0, 0.05) is 13.1 Å². The smallest absolute Gasteiger partial charge is 0.0272 e. The van der Waals surface area contributed by atoms with Gasteiger partial charge in [0.2, 0.25) is 0 Å². The van der Waals surface area contributed by atoms with Crippen molar-refractivity contribution in [2.24, 2.45) is 11.8 Å². The fourth-order valence-corrected chi connectivity index (χ4v) is 1.99. The molecule has 0 aromatic heterocycles. The molecule has 0 aromatic rings. The summed E-state index contributed by atoms with van der Waals surface area (Å²) in [6.07, 6.45) is 6.81. The van der Waals surface area contributed by atoms with Crippen molar-refractivity contribution in [1.29, 1.82) is 0 Å². The Morgan fingerprint density at radius 1 is 1.10 bits per heavy atom. The highest BCUT2D eigenvalue weighted by Crippen LogP contribution is 2.31. The van der Waals surface area contributed by atoms with Crippen molar-refractivity contribution < 1.29 is 5.21 Å². The van der Waals surface area contributed by atoms with Crippen LogP contribution >= 0.6 is 0 Å². The second kappa shape index (κ2) is 2.36. The molecule has 1 N–H and O–H groups in total. The van der Waals surface area contributed by atoms with Crippen molar-refractivity contribution in [2.75, 3.05) is 13.1 Å². The molecule has 0 saturated carbocycles. The molecule has 0 amide bonds. The SMILES string of the molecule is ON1CC2CC=CCC2C1. The van der Waals surface area contributed by atoms with Crippen LogP contribution in [0.25, 0.3) is 0 Å². The van der Waals surface area contributed by atoms with Gasteiger partial charge in [-0.25, -0.2) is 0 Å². The van der Waals surface area contributed by atoms with Crippen LogP contribution in [0.4, 0.5) is 0 Å². The van der Waals surface area contributed by atoms with Gasteiger partial charge in [0.05, 0.1) is 0 Å². The maximum Gasteiger partial charge on any atom is 0.0272 e. The summed E-state index contributed by atoms with van der Waals surface area (Å²) >= 11 is 0. The lowest BCUT2D eigenvalue weighted by Crippen LogP contribution is -2.14. The largest absolute Gasteiger partial charge is 0.314 e. The van der Waals surface area contributed by atoms with Gasteiger partial charge in [-0.15, -0.1) is 0 Å². The third kappa shape index (κ3) is 0.976. The molecule has 10 heavy (non-hydrogen) atoms. The van der Waals surface area contributed by atoms with E-state index in [2.05, 4.69) is 12.2 Å². The molecule has 1 heterocycles. The second-order valence-electron chi connectivity index (χ2n) is 3.33. The Bertz CT molecular complexity index is 139. The highest BCUT2D eigenvalue weighted by atomic mass is 16.5. The van der Waals surface area contributed by atoms with Crippen LogP contribution in [-0.4, -0.2) is 23.4 Å². The number of hydrogen-bond donors (Lipinski definition) is 1. The molecule has 56 valence electrons. The highest BCUT2D eigenvalue weighted by Gasteiger charge is 2.31. The van der Waals surface area contributed by atoms with E-state index in [1.807, 2.05) is 0 Å². The summed E-state index contributed by atoms with van der Waals surface area (Å²) < 4.78 is 0. The Balaban J connectivity index is 2.05. The van der Waals surface area contributed by atoms with Crippen molar-refractivity contribution in [3.8, 4) is 0 Å². The number of allylic oxidation sites excluding steroid dienone is 2. The number of fused-ring (bicyclic) bond motifs is 1. The van der Waals surface area contributed by atoms with Crippen molar-refractivity contribution in [3.05, 3.63) is 12.2 Å². The first-order valence-corrected chi connectivity index (χ1v) is 3.95. The fraction of sp³-hybridized carbons (Fsp3) is 0.750. The van der Waals surface area contributed by atoms with Crippen LogP contribution in [0.5, 0.6) is 0 Å².